The first-order valence-electron chi connectivity index (χ1n) is 5.49. The lowest BCUT2D eigenvalue weighted by Crippen LogP contribution is -2.56. The molecule has 0 bridgehead atoms. The summed E-state index contributed by atoms with van der Waals surface area (Å²) in [6.45, 7) is 0. The van der Waals surface area contributed by atoms with Crippen molar-refractivity contribution in [2.45, 2.75) is 24.8 Å². The second-order valence-corrected chi connectivity index (χ2v) is 4.31. The van der Waals surface area contributed by atoms with Crippen LogP contribution in [-0.2, 0) is 4.79 Å². The van der Waals surface area contributed by atoms with Crippen LogP contribution >= 0.6 is 0 Å². The Morgan fingerprint density at radius 2 is 2.24 bits per heavy atom. The van der Waals surface area contributed by atoms with Crippen LogP contribution in [-0.4, -0.2) is 18.6 Å². The first-order chi connectivity index (χ1) is 8.05. The van der Waals surface area contributed by atoms with Crippen molar-refractivity contribution >= 4 is 11.6 Å². The van der Waals surface area contributed by atoms with E-state index in [9.17, 15) is 9.18 Å². The summed E-state index contributed by atoms with van der Waals surface area (Å²) in [5, 5.41) is 2.68. The van der Waals surface area contributed by atoms with Crippen LogP contribution in [0.25, 0.3) is 0 Å². The van der Waals surface area contributed by atoms with E-state index in [4.69, 9.17) is 10.5 Å². The van der Waals surface area contributed by atoms with Crippen molar-refractivity contribution in [1.82, 2.24) is 0 Å². The molecule has 0 heterocycles. The van der Waals surface area contributed by atoms with E-state index in [0.29, 0.717) is 18.5 Å². The molecule has 0 spiro atoms. The topological polar surface area (TPSA) is 64.3 Å². The van der Waals surface area contributed by atoms with E-state index in [0.717, 1.165) is 6.42 Å². The van der Waals surface area contributed by atoms with Gasteiger partial charge in [-0.25, -0.2) is 4.39 Å². The van der Waals surface area contributed by atoms with Gasteiger partial charge in [0.2, 0.25) is 5.91 Å². The third-order valence-electron chi connectivity index (χ3n) is 3.11. The van der Waals surface area contributed by atoms with Gasteiger partial charge < -0.3 is 15.8 Å². The highest BCUT2D eigenvalue weighted by Gasteiger charge is 2.40. The summed E-state index contributed by atoms with van der Waals surface area (Å²) in [6.07, 6.45) is 2.35. The normalized spacial score (nSPS) is 17.1. The minimum Gasteiger partial charge on any atom is -0.494 e. The van der Waals surface area contributed by atoms with Crippen molar-refractivity contribution in [3.63, 3.8) is 0 Å². The smallest absolute Gasteiger partial charge is 0.244 e. The number of amides is 1. The van der Waals surface area contributed by atoms with Gasteiger partial charge in [-0.05, 0) is 31.4 Å². The summed E-state index contributed by atoms with van der Waals surface area (Å²) in [4.78, 5) is 11.8. The van der Waals surface area contributed by atoms with E-state index >= 15 is 0 Å². The molecule has 1 fully saturated rings. The maximum atomic E-state index is 13.2. The van der Waals surface area contributed by atoms with E-state index in [2.05, 4.69) is 5.32 Å². The van der Waals surface area contributed by atoms with E-state index < -0.39 is 11.4 Å². The number of anilines is 1. The fourth-order valence-electron chi connectivity index (χ4n) is 1.78. The van der Waals surface area contributed by atoms with Gasteiger partial charge in [-0.3, -0.25) is 4.79 Å². The average molecular weight is 238 g/mol. The molecule has 17 heavy (non-hydrogen) atoms. The van der Waals surface area contributed by atoms with Crippen LogP contribution in [0, 0.1) is 5.82 Å². The monoisotopic (exact) mass is 238 g/mol. The highest BCUT2D eigenvalue weighted by atomic mass is 19.1. The van der Waals surface area contributed by atoms with Crippen LogP contribution in [0.5, 0.6) is 5.75 Å². The number of carbonyl (C=O) groups is 1. The summed E-state index contributed by atoms with van der Waals surface area (Å²) < 4.78 is 18.0. The second kappa shape index (κ2) is 4.33. The van der Waals surface area contributed by atoms with Gasteiger partial charge >= 0.3 is 0 Å². The van der Waals surface area contributed by atoms with Crippen molar-refractivity contribution in [3.05, 3.63) is 24.0 Å². The quantitative estimate of drug-likeness (QED) is 0.841. The van der Waals surface area contributed by atoms with E-state index in [1.165, 1.54) is 25.3 Å². The minimum absolute atomic E-state index is 0.0995. The third-order valence-corrected chi connectivity index (χ3v) is 3.11. The molecule has 0 unspecified atom stereocenters. The molecule has 1 amide bonds. The van der Waals surface area contributed by atoms with Gasteiger partial charge in [0.1, 0.15) is 0 Å². The van der Waals surface area contributed by atoms with E-state index in [1.54, 1.807) is 0 Å². The van der Waals surface area contributed by atoms with Crippen LogP contribution in [0.15, 0.2) is 18.2 Å². The van der Waals surface area contributed by atoms with Crippen molar-refractivity contribution in [2.24, 2.45) is 5.73 Å². The summed E-state index contributed by atoms with van der Waals surface area (Å²) in [7, 11) is 1.38. The highest BCUT2D eigenvalue weighted by Crippen LogP contribution is 2.31. The molecule has 0 aromatic heterocycles. The lowest BCUT2D eigenvalue weighted by molar-refractivity contribution is -0.123. The van der Waals surface area contributed by atoms with Gasteiger partial charge in [0.05, 0.1) is 12.6 Å². The molecule has 0 radical (unpaired) electrons. The molecule has 1 aliphatic rings. The Morgan fingerprint density at radius 1 is 1.53 bits per heavy atom. The summed E-state index contributed by atoms with van der Waals surface area (Å²) >= 11 is 0. The zero-order valence-electron chi connectivity index (χ0n) is 9.63. The standard InChI is InChI=1S/C12H15FN2O2/c1-17-10-7-8(3-4-9(10)13)15-11(16)12(14)5-2-6-12/h3-4,7H,2,5-6,14H2,1H3,(H,15,16). The van der Waals surface area contributed by atoms with Crippen molar-refractivity contribution < 1.29 is 13.9 Å². The molecule has 2 rings (SSSR count). The molecule has 1 saturated carbocycles. The molecule has 1 aromatic rings. The molecule has 0 aliphatic heterocycles. The Bertz CT molecular complexity index is 444. The Hall–Kier alpha value is -1.62. The predicted octanol–water partition coefficient (Wildman–Crippen LogP) is 1.65. The Morgan fingerprint density at radius 3 is 2.76 bits per heavy atom. The van der Waals surface area contributed by atoms with Gasteiger partial charge in [-0.2, -0.15) is 0 Å². The highest BCUT2D eigenvalue weighted by molar-refractivity contribution is 5.98. The minimum atomic E-state index is -0.762. The molecule has 3 N–H and O–H groups in total. The number of benzene rings is 1. The first-order valence-corrected chi connectivity index (χ1v) is 5.49. The molecule has 0 atom stereocenters. The maximum absolute atomic E-state index is 13.2. The van der Waals surface area contributed by atoms with Crippen LogP contribution in [0.1, 0.15) is 19.3 Å². The van der Waals surface area contributed by atoms with Gasteiger partial charge in [-0.15, -0.1) is 0 Å². The fourth-order valence-corrected chi connectivity index (χ4v) is 1.78. The SMILES string of the molecule is COc1cc(NC(=O)C2(N)CCC2)ccc1F. The number of nitrogens with two attached hydrogens (primary N) is 1. The zero-order chi connectivity index (χ0) is 12.5. The van der Waals surface area contributed by atoms with Crippen molar-refractivity contribution in [3.8, 4) is 5.75 Å². The molecule has 5 heteroatoms. The Kier molecular flexibility index (Phi) is 3.02. The first kappa shape index (κ1) is 11.9. The van der Waals surface area contributed by atoms with Gasteiger partial charge in [0.25, 0.3) is 0 Å². The largest absolute Gasteiger partial charge is 0.494 e. The molecule has 92 valence electrons. The molecule has 4 nitrogen and oxygen atoms in total. The zero-order valence-corrected chi connectivity index (χ0v) is 9.63. The average Bonchev–Trinajstić information content (AvgIpc) is 2.28. The third kappa shape index (κ3) is 2.24. The van der Waals surface area contributed by atoms with Gasteiger partial charge in [0.15, 0.2) is 11.6 Å². The summed E-state index contributed by atoms with van der Waals surface area (Å²) in [5.41, 5.74) is 5.61. The number of methoxy groups -OCH3 is 1. The predicted molar refractivity (Wildman–Crippen MR) is 62.4 cm³/mol. The number of halogens is 1. The Labute approximate surface area is 98.9 Å². The second-order valence-electron chi connectivity index (χ2n) is 4.31. The molecule has 1 aliphatic carbocycles. The molecular weight excluding hydrogens is 223 g/mol. The Balaban J connectivity index is 2.11. The van der Waals surface area contributed by atoms with Crippen LogP contribution < -0.4 is 15.8 Å². The summed E-state index contributed by atoms with van der Waals surface area (Å²) in [5.74, 6) is -0.587. The molecule has 1 aromatic carbocycles. The maximum Gasteiger partial charge on any atom is 0.244 e. The lowest BCUT2D eigenvalue weighted by atomic mass is 9.77. The number of nitrogens with one attached hydrogen (secondary N) is 1. The lowest BCUT2D eigenvalue weighted by Gasteiger charge is -2.36. The van der Waals surface area contributed by atoms with Gasteiger partial charge in [-0.1, -0.05) is 0 Å². The number of carbonyl (C=O) groups excluding carboxylic acids is 1. The molecule has 0 saturated heterocycles. The molecular formula is C12H15FN2O2. The van der Waals surface area contributed by atoms with Gasteiger partial charge in [0, 0.05) is 11.8 Å². The summed E-state index contributed by atoms with van der Waals surface area (Å²) in [6, 6.07) is 4.17. The van der Waals surface area contributed by atoms with E-state index in [1.807, 2.05) is 0 Å². The van der Waals surface area contributed by atoms with Crippen LogP contribution in [0.2, 0.25) is 0 Å². The fraction of sp³-hybridized carbons (Fsp3) is 0.417. The number of hydrogen-bond acceptors (Lipinski definition) is 3. The number of rotatable bonds is 3. The van der Waals surface area contributed by atoms with Crippen LogP contribution in [0.4, 0.5) is 10.1 Å². The number of hydrogen-bond donors (Lipinski definition) is 2. The van der Waals surface area contributed by atoms with Crippen molar-refractivity contribution in [2.75, 3.05) is 12.4 Å². The number of ether oxygens (including phenoxy) is 1. The van der Waals surface area contributed by atoms with E-state index in [-0.39, 0.29) is 11.7 Å². The van der Waals surface area contributed by atoms with Crippen molar-refractivity contribution in [1.29, 1.82) is 0 Å². The van der Waals surface area contributed by atoms with Crippen LogP contribution in [0.3, 0.4) is 0 Å².